The van der Waals surface area contributed by atoms with Crippen LogP contribution in [0.1, 0.15) is 12.2 Å². The Hall–Kier alpha value is -1.96. The molecule has 0 atom stereocenters. The van der Waals surface area contributed by atoms with Crippen molar-refractivity contribution in [2.75, 3.05) is 18.7 Å². The summed E-state index contributed by atoms with van der Waals surface area (Å²) < 4.78 is 11.2. The van der Waals surface area contributed by atoms with Gasteiger partial charge >= 0.3 is 5.97 Å². The zero-order chi connectivity index (χ0) is 13.8. The van der Waals surface area contributed by atoms with Gasteiger partial charge < -0.3 is 15.0 Å². The van der Waals surface area contributed by atoms with Gasteiger partial charge in [0, 0.05) is 5.75 Å². The molecule has 0 bridgehead atoms. The van der Waals surface area contributed by atoms with E-state index in [2.05, 4.69) is 14.9 Å². The van der Waals surface area contributed by atoms with Gasteiger partial charge in [-0.25, -0.2) is 4.68 Å². The van der Waals surface area contributed by atoms with E-state index in [4.69, 9.17) is 10.3 Å². The number of ether oxygens (including phenoxy) is 1. The van der Waals surface area contributed by atoms with Crippen molar-refractivity contribution in [3.63, 3.8) is 0 Å². The number of nitrogen functional groups attached to an aromatic ring is 1. The zero-order valence-corrected chi connectivity index (χ0v) is 11.4. The Morgan fingerprint density at radius 1 is 1.58 bits per heavy atom. The van der Waals surface area contributed by atoms with Gasteiger partial charge in [-0.1, -0.05) is 11.8 Å². The molecule has 0 aliphatic carbocycles. The van der Waals surface area contributed by atoms with Crippen LogP contribution in [0, 0.1) is 6.92 Å². The number of methoxy groups -OCH3 is 1. The Morgan fingerprint density at radius 2 is 2.37 bits per heavy atom. The van der Waals surface area contributed by atoms with Gasteiger partial charge in [0.1, 0.15) is 5.76 Å². The van der Waals surface area contributed by atoms with E-state index in [1.165, 1.54) is 23.5 Å². The molecule has 2 N–H and O–H groups in total. The summed E-state index contributed by atoms with van der Waals surface area (Å²) in [6, 6.07) is 1.78. The van der Waals surface area contributed by atoms with E-state index < -0.39 is 0 Å². The highest BCUT2D eigenvalue weighted by Crippen LogP contribution is 2.25. The van der Waals surface area contributed by atoms with Crippen LogP contribution < -0.4 is 5.84 Å². The van der Waals surface area contributed by atoms with Gasteiger partial charge in [0.15, 0.2) is 5.82 Å². The Labute approximate surface area is 114 Å². The second-order valence-electron chi connectivity index (χ2n) is 3.74. The summed E-state index contributed by atoms with van der Waals surface area (Å²) in [7, 11) is 1.36. The quantitative estimate of drug-likeness (QED) is 0.500. The molecule has 8 heteroatoms. The first kappa shape index (κ1) is 13.5. The van der Waals surface area contributed by atoms with E-state index in [0.717, 1.165) is 11.3 Å². The van der Waals surface area contributed by atoms with E-state index in [1.807, 2.05) is 6.92 Å². The minimum atomic E-state index is -0.263. The molecule has 0 spiro atoms. The minimum absolute atomic E-state index is 0.263. The molecule has 0 radical (unpaired) electrons. The van der Waals surface area contributed by atoms with Crippen LogP contribution in [0.4, 0.5) is 0 Å². The molecule has 0 unspecified atom stereocenters. The number of nitrogens with zero attached hydrogens (tertiary/aromatic N) is 3. The maximum Gasteiger partial charge on any atom is 0.306 e. The molecule has 2 rings (SSSR count). The van der Waals surface area contributed by atoms with E-state index in [-0.39, 0.29) is 5.97 Å². The normalized spacial score (nSPS) is 10.6. The van der Waals surface area contributed by atoms with Gasteiger partial charge in [-0.15, -0.1) is 10.2 Å². The van der Waals surface area contributed by atoms with Crippen LogP contribution >= 0.6 is 11.8 Å². The van der Waals surface area contributed by atoms with Gasteiger partial charge in [-0.2, -0.15) is 0 Å². The van der Waals surface area contributed by atoms with Crippen LogP contribution in [0.25, 0.3) is 11.4 Å². The fraction of sp³-hybridized carbons (Fsp3) is 0.364. The Morgan fingerprint density at radius 3 is 3.00 bits per heavy atom. The Balaban J connectivity index is 2.07. The van der Waals surface area contributed by atoms with Crippen LogP contribution in [-0.4, -0.2) is 33.7 Å². The molecule has 0 aromatic carbocycles. The van der Waals surface area contributed by atoms with Crippen molar-refractivity contribution in [1.29, 1.82) is 0 Å². The van der Waals surface area contributed by atoms with Crippen molar-refractivity contribution in [2.45, 2.75) is 18.5 Å². The van der Waals surface area contributed by atoms with E-state index >= 15 is 0 Å². The molecule has 102 valence electrons. The van der Waals surface area contributed by atoms with Crippen LogP contribution in [0.3, 0.4) is 0 Å². The number of aryl methyl sites for hydroxylation is 1. The average molecular weight is 282 g/mol. The van der Waals surface area contributed by atoms with Gasteiger partial charge in [-0.05, 0) is 13.0 Å². The Kier molecular flexibility index (Phi) is 4.10. The molecule has 2 heterocycles. The zero-order valence-electron chi connectivity index (χ0n) is 10.6. The van der Waals surface area contributed by atoms with Crippen molar-refractivity contribution < 1.29 is 13.9 Å². The predicted octanol–water partition coefficient (Wildman–Crippen LogP) is 1.22. The van der Waals surface area contributed by atoms with Crippen molar-refractivity contribution in [3.05, 3.63) is 18.1 Å². The largest absolute Gasteiger partial charge is 0.469 e. The molecule has 0 aliphatic rings. The monoisotopic (exact) mass is 282 g/mol. The minimum Gasteiger partial charge on any atom is -0.469 e. The topological polar surface area (TPSA) is 96.2 Å². The molecule has 2 aromatic heterocycles. The number of hydrogen-bond acceptors (Lipinski definition) is 7. The lowest BCUT2D eigenvalue weighted by atomic mass is 10.2. The Bertz CT molecular complexity index is 578. The first-order chi connectivity index (χ1) is 9.13. The van der Waals surface area contributed by atoms with E-state index in [0.29, 0.717) is 23.2 Å². The van der Waals surface area contributed by atoms with Crippen LogP contribution in [0.5, 0.6) is 0 Å². The highest BCUT2D eigenvalue weighted by atomic mass is 32.2. The smallest absolute Gasteiger partial charge is 0.306 e. The lowest BCUT2D eigenvalue weighted by Crippen LogP contribution is -2.12. The second-order valence-corrected chi connectivity index (χ2v) is 4.80. The number of aromatic nitrogens is 3. The summed E-state index contributed by atoms with van der Waals surface area (Å²) in [5.41, 5.74) is 0.801. The van der Waals surface area contributed by atoms with Crippen LogP contribution in [0.15, 0.2) is 21.9 Å². The third-order valence-corrected chi connectivity index (χ3v) is 3.47. The maximum absolute atomic E-state index is 11.0. The molecule has 0 saturated carbocycles. The molecule has 0 saturated heterocycles. The predicted molar refractivity (Wildman–Crippen MR) is 70.0 cm³/mol. The lowest BCUT2D eigenvalue weighted by Gasteiger charge is -2.02. The van der Waals surface area contributed by atoms with Gasteiger partial charge in [0.05, 0.1) is 25.4 Å². The van der Waals surface area contributed by atoms with E-state index in [9.17, 15) is 4.79 Å². The molecule has 19 heavy (non-hydrogen) atoms. The van der Waals surface area contributed by atoms with Crippen molar-refractivity contribution in [1.82, 2.24) is 14.9 Å². The summed E-state index contributed by atoms with van der Waals surface area (Å²) in [6.45, 7) is 1.83. The molecular weight excluding hydrogens is 268 g/mol. The number of thioether (sulfide) groups is 1. The second kappa shape index (κ2) is 5.79. The third-order valence-electron chi connectivity index (χ3n) is 2.53. The lowest BCUT2D eigenvalue weighted by molar-refractivity contribution is -0.140. The SMILES string of the molecule is COC(=O)CCSc1nnc(-c2ccoc2C)n1N. The fourth-order valence-corrected chi connectivity index (χ4v) is 2.28. The summed E-state index contributed by atoms with van der Waals surface area (Å²) in [5.74, 6) is 7.46. The summed E-state index contributed by atoms with van der Waals surface area (Å²) in [4.78, 5) is 11.0. The number of furan rings is 1. The fourth-order valence-electron chi connectivity index (χ4n) is 1.50. The van der Waals surface area contributed by atoms with Gasteiger partial charge in [0.25, 0.3) is 0 Å². The number of rotatable bonds is 5. The van der Waals surface area contributed by atoms with Gasteiger partial charge in [0.2, 0.25) is 5.16 Å². The first-order valence-electron chi connectivity index (χ1n) is 5.58. The van der Waals surface area contributed by atoms with Crippen molar-refractivity contribution in [3.8, 4) is 11.4 Å². The molecule has 7 nitrogen and oxygen atoms in total. The number of carbonyl (C=O) groups excluding carboxylic acids is 1. The molecule has 0 amide bonds. The van der Waals surface area contributed by atoms with Crippen molar-refractivity contribution in [2.24, 2.45) is 0 Å². The average Bonchev–Trinajstić information content (AvgIpc) is 2.96. The third kappa shape index (κ3) is 2.90. The molecule has 0 fully saturated rings. The van der Waals surface area contributed by atoms with E-state index in [1.54, 1.807) is 12.3 Å². The number of nitrogens with two attached hydrogens (primary N) is 1. The van der Waals surface area contributed by atoms with Crippen LogP contribution in [0.2, 0.25) is 0 Å². The number of hydrogen-bond donors (Lipinski definition) is 1. The summed E-state index contributed by atoms with van der Waals surface area (Å²) in [6.07, 6.45) is 1.87. The highest BCUT2D eigenvalue weighted by Gasteiger charge is 2.15. The number of esters is 1. The summed E-state index contributed by atoms with van der Waals surface area (Å²) >= 11 is 1.35. The molecule has 0 aliphatic heterocycles. The standard InChI is InChI=1S/C11H14N4O3S/c1-7-8(3-5-18-7)10-13-14-11(15(10)12)19-6-4-9(16)17-2/h3,5H,4,6,12H2,1-2H3. The summed E-state index contributed by atoms with van der Waals surface area (Å²) in [5, 5.41) is 8.56. The highest BCUT2D eigenvalue weighted by molar-refractivity contribution is 7.99. The number of carbonyl (C=O) groups is 1. The maximum atomic E-state index is 11.0. The van der Waals surface area contributed by atoms with Crippen molar-refractivity contribution >= 4 is 17.7 Å². The van der Waals surface area contributed by atoms with Gasteiger partial charge in [-0.3, -0.25) is 4.79 Å². The molecule has 2 aromatic rings. The van der Waals surface area contributed by atoms with Crippen LogP contribution in [-0.2, 0) is 9.53 Å². The first-order valence-corrected chi connectivity index (χ1v) is 6.56. The molecular formula is C11H14N4O3S.